The summed E-state index contributed by atoms with van der Waals surface area (Å²) in [5.74, 6) is 1.76. The normalized spacial score (nSPS) is 24.7. The average Bonchev–Trinajstić information content (AvgIpc) is 3.30. The molecule has 2 fully saturated rings. The van der Waals surface area contributed by atoms with Crippen molar-refractivity contribution in [1.82, 2.24) is 4.72 Å². The number of carbonyl (C=O) groups is 1. The van der Waals surface area contributed by atoms with Crippen LogP contribution in [0.1, 0.15) is 107 Å². The Kier molecular flexibility index (Phi) is 18.0. The van der Waals surface area contributed by atoms with Crippen LogP contribution in [0.5, 0.6) is 5.75 Å². The molecule has 50 heavy (non-hydrogen) atoms. The molecule has 3 aliphatic rings. The monoisotopic (exact) mass is 735 g/mol. The van der Waals surface area contributed by atoms with E-state index in [0.717, 1.165) is 81.6 Å². The zero-order chi connectivity index (χ0) is 36.8. The van der Waals surface area contributed by atoms with Gasteiger partial charge in [-0.15, -0.1) is 0 Å². The van der Waals surface area contributed by atoms with Crippen LogP contribution >= 0.6 is 11.6 Å². The topological polar surface area (TPSA) is 123 Å². The Bertz CT molecular complexity index is 1360. The van der Waals surface area contributed by atoms with Crippen LogP contribution in [-0.4, -0.2) is 72.8 Å². The lowest BCUT2D eigenvalue weighted by atomic mass is 9.71. The third-order valence-corrected chi connectivity index (χ3v) is 11.9. The van der Waals surface area contributed by atoms with Crippen LogP contribution in [0, 0.1) is 17.8 Å². The van der Waals surface area contributed by atoms with Gasteiger partial charge in [-0.2, -0.15) is 0 Å². The van der Waals surface area contributed by atoms with Gasteiger partial charge in [0, 0.05) is 43.1 Å². The molecule has 0 aromatic heterocycles. The maximum atomic E-state index is 13.4. The molecule has 2 aromatic rings. The SMILES string of the molecule is CC.CCCc1cc(Cl)ccc1C1COc2ccc(C(=O)NS(=O)C(C)C(C)CCC)cc2N(CC2CCC2CC2OCC(N)CO2)C1.CO. The molecule has 2 heterocycles. The van der Waals surface area contributed by atoms with Gasteiger partial charge in [-0.25, -0.2) is 4.21 Å². The van der Waals surface area contributed by atoms with Gasteiger partial charge in [0.2, 0.25) is 0 Å². The van der Waals surface area contributed by atoms with Crippen molar-refractivity contribution in [2.45, 2.75) is 110 Å². The Morgan fingerprint density at radius 3 is 2.38 bits per heavy atom. The molecular formula is C39H62ClN3O6S. The predicted molar refractivity (Wildman–Crippen MR) is 205 cm³/mol. The molecule has 2 aliphatic heterocycles. The summed E-state index contributed by atoms with van der Waals surface area (Å²) in [7, 11) is -0.477. The number of amides is 1. The number of aliphatic hydroxyl groups excluding tert-OH is 1. The number of anilines is 1. The summed E-state index contributed by atoms with van der Waals surface area (Å²) < 4.78 is 34.1. The zero-order valence-electron chi connectivity index (χ0n) is 31.3. The highest BCUT2D eigenvalue weighted by Gasteiger charge is 2.37. The maximum Gasteiger partial charge on any atom is 0.263 e. The Morgan fingerprint density at radius 1 is 1.04 bits per heavy atom. The first-order valence-corrected chi connectivity index (χ1v) is 20.2. The van der Waals surface area contributed by atoms with E-state index in [1.54, 1.807) is 6.07 Å². The molecule has 4 N–H and O–H groups in total. The van der Waals surface area contributed by atoms with Crippen LogP contribution in [0.25, 0.3) is 0 Å². The van der Waals surface area contributed by atoms with Crippen LogP contribution in [-0.2, 0) is 26.9 Å². The number of rotatable bonds is 13. The number of hydrogen-bond donors (Lipinski definition) is 3. The van der Waals surface area contributed by atoms with Crippen molar-refractivity contribution >= 4 is 34.2 Å². The summed E-state index contributed by atoms with van der Waals surface area (Å²) in [6.07, 6.45) is 6.89. The summed E-state index contributed by atoms with van der Waals surface area (Å²) in [6, 6.07) is 11.7. The van der Waals surface area contributed by atoms with E-state index in [1.807, 2.05) is 39.0 Å². The second kappa shape index (κ2) is 21.3. The second-order valence-electron chi connectivity index (χ2n) is 13.6. The molecule has 0 spiro atoms. The molecule has 1 amide bonds. The van der Waals surface area contributed by atoms with Gasteiger partial charge in [0.25, 0.3) is 5.91 Å². The molecule has 1 saturated heterocycles. The number of aliphatic hydroxyl groups is 1. The van der Waals surface area contributed by atoms with Crippen LogP contribution < -0.4 is 20.1 Å². The minimum absolute atomic E-state index is 0.0591. The molecule has 0 radical (unpaired) electrons. The van der Waals surface area contributed by atoms with Gasteiger partial charge in [0.1, 0.15) is 16.7 Å². The zero-order valence-corrected chi connectivity index (χ0v) is 32.9. The second-order valence-corrected chi connectivity index (χ2v) is 15.6. The van der Waals surface area contributed by atoms with Gasteiger partial charge in [-0.1, -0.05) is 65.1 Å². The van der Waals surface area contributed by atoms with Crippen LogP contribution in [0.15, 0.2) is 36.4 Å². The molecule has 6 unspecified atom stereocenters. The van der Waals surface area contributed by atoms with E-state index in [-0.39, 0.29) is 35.3 Å². The molecular weight excluding hydrogens is 674 g/mol. The third-order valence-electron chi connectivity index (χ3n) is 10.1. The lowest BCUT2D eigenvalue weighted by molar-refractivity contribution is -0.198. The van der Waals surface area contributed by atoms with Crippen molar-refractivity contribution in [1.29, 1.82) is 0 Å². The maximum absolute atomic E-state index is 13.4. The highest BCUT2D eigenvalue weighted by atomic mass is 35.5. The van der Waals surface area contributed by atoms with Gasteiger partial charge in [-0.05, 0) is 91.8 Å². The molecule has 2 aromatic carbocycles. The number of carbonyl (C=O) groups excluding carboxylic acids is 1. The van der Waals surface area contributed by atoms with Crippen LogP contribution in [0.2, 0.25) is 5.02 Å². The lowest BCUT2D eigenvalue weighted by Crippen LogP contribution is -2.45. The van der Waals surface area contributed by atoms with Gasteiger partial charge in [-0.3, -0.25) is 9.52 Å². The van der Waals surface area contributed by atoms with Crippen LogP contribution in [0.4, 0.5) is 5.69 Å². The molecule has 5 rings (SSSR count). The summed E-state index contributed by atoms with van der Waals surface area (Å²) in [5.41, 5.74) is 9.87. The molecule has 11 heteroatoms. The highest BCUT2D eigenvalue weighted by Crippen LogP contribution is 2.43. The number of ether oxygens (including phenoxy) is 3. The van der Waals surface area contributed by atoms with E-state index in [4.69, 9.17) is 36.7 Å². The Hall–Kier alpha value is -2.21. The number of benzene rings is 2. The summed E-state index contributed by atoms with van der Waals surface area (Å²) >= 11 is 6.43. The van der Waals surface area contributed by atoms with Crippen molar-refractivity contribution in [3.05, 3.63) is 58.1 Å². The average molecular weight is 736 g/mol. The molecule has 9 nitrogen and oxygen atoms in total. The quantitative estimate of drug-likeness (QED) is 0.197. The van der Waals surface area contributed by atoms with Crippen molar-refractivity contribution < 1.29 is 28.3 Å². The minimum atomic E-state index is -1.48. The molecule has 0 bridgehead atoms. The summed E-state index contributed by atoms with van der Waals surface area (Å²) in [5, 5.41) is 7.61. The molecule has 6 atom stereocenters. The Labute approximate surface area is 308 Å². The number of aryl methyl sites for hydroxylation is 1. The predicted octanol–water partition coefficient (Wildman–Crippen LogP) is 7.24. The van der Waals surface area contributed by atoms with Crippen LogP contribution in [0.3, 0.4) is 0 Å². The fourth-order valence-corrected chi connectivity index (χ4v) is 8.25. The number of nitrogens with one attached hydrogen (secondary N) is 1. The van der Waals surface area contributed by atoms with E-state index >= 15 is 0 Å². The first-order chi connectivity index (χ1) is 24.2. The van der Waals surface area contributed by atoms with E-state index in [9.17, 15) is 9.00 Å². The van der Waals surface area contributed by atoms with E-state index in [0.29, 0.717) is 37.2 Å². The van der Waals surface area contributed by atoms with Gasteiger partial charge in [0.15, 0.2) is 6.29 Å². The molecule has 282 valence electrons. The van der Waals surface area contributed by atoms with Gasteiger partial charge in [0.05, 0.1) is 36.8 Å². The highest BCUT2D eigenvalue weighted by molar-refractivity contribution is 7.84. The van der Waals surface area contributed by atoms with E-state index in [2.05, 4.69) is 42.5 Å². The Morgan fingerprint density at radius 2 is 1.74 bits per heavy atom. The minimum Gasteiger partial charge on any atom is -0.491 e. The van der Waals surface area contributed by atoms with E-state index in [1.165, 1.54) is 11.1 Å². The summed E-state index contributed by atoms with van der Waals surface area (Å²) in [6.45, 7) is 15.5. The van der Waals surface area contributed by atoms with Crippen molar-refractivity contribution in [3.63, 3.8) is 0 Å². The van der Waals surface area contributed by atoms with Crippen molar-refractivity contribution in [2.75, 3.05) is 44.9 Å². The molecule has 1 aliphatic carbocycles. The van der Waals surface area contributed by atoms with Gasteiger partial charge < -0.3 is 30.0 Å². The first kappa shape index (κ1) is 42.2. The third kappa shape index (κ3) is 11.4. The number of halogens is 1. The summed E-state index contributed by atoms with van der Waals surface area (Å²) in [4.78, 5) is 15.8. The Balaban J connectivity index is 0.00000163. The standard InChI is InChI=1S/C36H52ClN3O5S.C2H6.CH4O/c1-5-7-23(3)24(4)46(42)39-36(41)27-11-14-34-33(16-27)40(18-28-10-9-25(28)17-35-44-21-31(38)22-45-35)19-29(20-43-34)32-13-12-30(37)15-26(32)8-6-2;2*1-2/h11-16,23-25,28-29,31,35H,5-10,17-22,38H2,1-4H3,(H,39,41);1-2H3;2H,1H3. The number of fused-ring (bicyclic) bond motifs is 1. The lowest BCUT2D eigenvalue weighted by Gasteiger charge is -2.43. The fraction of sp³-hybridized carbons (Fsp3) is 0.667. The first-order valence-electron chi connectivity index (χ1n) is 18.6. The largest absolute Gasteiger partial charge is 0.491 e. The fourth-order valence-electron chi connectivity index (χ4n) is 7.01. The number of hydrogen-bond acceptors (Lipinski definition) is 8. The van der Waals surface area contributed by atoms with Gasteiger partial charge >= 0.3 is 0 Å². The van der Waals surface area contributed by atoms with Crippen molar-refractivity contribution in [3.8, 4) is 5.75 Å². The smallest absolute Gasteiger partial charge is 0.263 e. The number of nitrogens with zero attached hydrogens (tertiary/aromatic N) is 1. The van der Waals surface area contributed by atoms with Crippen molar-refractivity contribution in [2.24, 2.45) is 23.5 Å². The van der Waals surface area contributed by atoms with E-state index < -0.39 is 11.0 Å². The number of nitrogens with two attached hydrogens (primary N) is 1. The molecule has 1 saturated carbocycles.